The zero-order chi connectivity index (χ0) is 16.5. The molecule has 1 aromatic carbocycles. The van der Waals surface area contributed by atoms with Crippen molar-refractivity contribution in [3.05, 3.63) is 35.9 Å². The van der Waals surface area contributed by atoms with Crippen molar-refractivity contribution in [3.63, 3.8) is 0 Å². The van der Waals surface area contributed by atoms with E-state index < -0.39 is 23.8 Å². The molecule has 4 aliphatic rings. The smallest absolute Gasteiger partial charge is 0.190 e. The van der Waals surface area contributed by atoms with Gasteiger partial charge in [-0.2, -0.15) is 5.06 Å². The average molecular weight is 333 g/mol. The highest BCUT2D eigenvalue weighted by Crippen LogP contribution is 2.54. The Morgan fingerprint density at radius 3 is 2.75 bits per heavy atom. The molecule has 0 bridgehead atoms. The first-order valence-corrected chi connectivity index (χ1v) is 8.63. The number of nitrogens with zero attached hydrogens (tertiary/aromatic N) is 1. The van der Waals surface area contributed by atoms with E-state index in [4.69, 9.17) is 19.0 Å². The van der Waals surface area contributed by atoms with Gasteiger partial charge in [-0.25, -0.2) is 0 Å². The van der Waals surface area contributed by atoms with E-state index in [1.165, 1.54) is 5.56 Å². The van der Waals surface area contributed by atoms with Crippen molar-refractivity contribution < 1.29 is 24.2 Å². The molecule has 1 N–H and O–H groups in total. The molecule has 3 heterocycles. The number of hydrogen-bond acceptors (Lipinski definition) is 6. The van der Waals surface area contributed by atoms with Crippen LogP contribution >= 0.6 is 0 Å². The molecule has 24 heavy (non-hydrogen) atoms. The summed E-state index contributed by atoms with van der Waals surface area (Å²) in [6.45, 7) is 5.00. The summed E-state index contributed by atoms with van der Waals surface area (Å²) in [5.41, 5.74) is 0.173. The molecule has 0 unspecified atom stereocenters. The summed E-state index contributed by atoms with van der Waals surface area (Å²) < 4.78 is 17.9. The van der Waals surface area contributed by atoms with Gasteiger partial charge in [0.1, 0.15) is 17.8 Å². The first kappa shape index (κ1) is 15.3. The number of hydrogen-bond donors (Lipinski definition) is 1. The summed E-state index contributed by atoms with van der Waals surface area (Å²) >= 11 is 0. The van der Waals surface area contributed by atoms with Gasteiger partial charge in [0.2, 0.25) is 0 Å². The SMILES string of the molecule is CC1(C)O[C@H]2O[C@@H]3[C@@H]4[C@@H](CON4Cc4ccccc4)C[C@]3(O)[C@H]2O1. The second-order valence-corrected chi connectivity index (χ2v) is 7.78. The standard InChI is InChI=1S/C18H23NO5/c1-17(2)23-15-16(24-17)22-14-13-12(8-18(14,15)20)10-21-19(13)9-11-6-4-3-5-7-11/h3-7,12-16,20H,8-10H2,1-2H3/t12-,13+,14-,15+,16-,18-/m1/s1. The molecule has 6 atom stereocenters. The minimum Gasteiger partial charge on any atom is -0.384 e. The van der Waals surface area contributed by atoms with Gasteiger partial charge in [-0.15, -0.1) is 0 Å². The molecule has 1 saturated carbocycles. The third-order valence-corrected chi connectivity index (χ3v) is 5.67. The Bertz CT molecular complexity index is 638. The van der Waals surface area contributed by atoms with Crippen LogP contribution in [0.5, 0.6) is 0 Å². The van der Waals surface area contributed by atoms with Gasteiger partial charge in [-0.1, -0.05) is 30.3 Å². The summed E-state index contributed by atoms with van der Waals surface area (Å²) in [6.07, 6.45) is -0.662. The molecule has 0 spiro atoms. The Morgan fingerprint density at radius 1 is 1.17 bits per heavy atom. The van der Waals surface area contributed by atoms with Crippen molar-refractivity contribution in [3.8, 4) is 0 Å². The Hall–Kier alpha value is -1.02. The minimum absolute atomic E-state index is 0.0242. The maximum atomic E-state index is 11.3. The Labute approximate surface area is 141 Å². The first-order chi connectivity index (χ1) is 11.5. The molecule has 5 rings (SSSR count). The van der Waals surface area contributed by atoms with Crippen molar-refractivity contribution in [1.29, 1.82) is 0 Å². The van der Waals surface area contributed by atoms with Gasteiger partial charge in [0.05, 0.1) is 12.6 Å². The number of benzene rings is 1. The fraction of sp³-hybridized carbons (Fsp3) is 0.667. The van der Waals surface area contributed by atoms with Crippen LogP contribution in [0.25, 0.3) is 0 Å². The average Bonchev–Trinajstić information content (AvgIpc) is 3.19. The van der Waals surface area contributed by atoms with E-state index in [1.807, 2.05) is 37.1 Å². The van der Waals surface area contributed by atoms with Crippen LogP contribution in [0.2, 0.25) is 0 Å². The fourth-order valence-electron chi connectivity index (χ4n) is 4.72. The van der Waals surface area contributed by atoms with Crippen LogP contribution in [0, 0.1) is 5.92 Å². The lowest BCUT2D eigenvalue weighted by Gasteiger charge is -2.32. The first-order valence-electron chi connectivity index (χ1n) is 8.63. The van der Waals surface area contributed by atoms with Crippen LogP contribution in [-0.4, -0.2) is 52.7 Å². The quantitative estimate of drug-likeness (QED) is 0.883. The van der Waals surface area contributed by atoms with Crippen molar-refractivity contribution >= 4 is 0 Å². The molecule has 3 aliphatic heterocycles. The lowest BCUT2D eigenvalue weighted by molar-refractivity contribution is -0.243. The normalized spacial score (nSPS) is 46.0. The van der Waals surface area contributed by atoms with E-state index in [1.54, 1.807) is 0 Å². The molecule has 0 radical (unpaired) electrons. The maximum absolute atomic E-state index is 11.3. The highest BCUT2D eigenvalue weighted by molar-refractivity contribution is 5.19. The van der Waals surface area contributed by atoms with Crippen LogP contribution in [0.1, 0.15) is 25.8 Å². The molecule has 1 aliphatic carbocycles. The van der Waals surface area contributed by atoms with Crippen molar-refractivity contribution in [2.24, 2.45) is 5.92 Å². The second kappa shape index (κ2) is 5.00. The highest BCUT2D eigenvalue weighted by atomic mass is 16.8. The molecular formula is C18H23NO5. The van der Waals surface area contributed by atoms with E-state index in [-0.39, 0.29) is 18.1 Å². The van der Waals surface area contributed by atoms with E-state index in [9.17, 15) is 5.11 Å². The summed E-state index contributed by atoms with van der Waals surface area (Å²) in [5, 5.41) is 13.3. The number of rotatable bonds is 2. The van der Waals surface area contributed by atoms with E-state index in [0.29, 0.717) is 19.6 Å². The summed E-state index contributed by atoms with van der Waals surface area (Å²) in [6, 6.07) is 10.2. The zero-order valence-electron chi connectivity index (χ0n) is 13.9. The predicted octanol–water partition coefficient (Wildman–Crippen LogP) is 1.43. The van der Waals surface area contributed by atoms with Crippen LogP contribution in [0.3, 0.4) is 0 Å². The Kier molecular flexibility index (Phi) is 3.18. The van der Waals surface area contributed by atoms with E-state index in [0.717, 1.165) is 0 Å². The maximum Gasteiger partial charge on any atom is 0.190 e. The molecule has 6 heteroatoms. The molecule has 130 valence electrons. The molecule has 1 aromatic rings. The molecule has 4 fully saturated rings. The van der Waals surface area contributed by atoms with E-state index in [2.05, 4.69) is 12.1 Å². The number of hydroxylamine groups is 2. The molecule has 6 nitrogen and oxygen atoms in total. The van der Waals surface area contributed by atoms with Crippen molar-refractivity contribution in [1.82, 2.24) is 5.06 Å². The van der Waals surface area contributed by atoms with Crippen LogP contribution in [0.15, 0.2) is 30.3 Å². The fourth-order valence-corrected chi connectivity index (χ4v) is 4.72. The van der Waals surface area contributed by atoms with Gasteiger partial charge in [0.25, 0.3) is 0 Å². The lowest BCUT2D eigenvalue weighted by Crippen LogP contribution is -2.50. The second-order valence-electron chi connectivity index (χ2n) is 7.78. The molecule has 0 amide bonds. The monoisotopic (exact) mass is 333 g/mol. The topological polar surface area (TPSA) is 60.4 Å². The minimum atomic E-state index is -1.01. The number of aliphatic hydroxyl groups is 1. The molecule has 3 saturated heterocycles. The summed E-state index contributed by atoms with van der Waals surface area (Å²) in [5.74, 6) is -0.467. The zero-order valence-corrected chi connectivity index (χ0v) is 13.9. The van der Waals surface area contributed by atoms with E-state index >= 15 is 0 Å². The predicted molar refractivity (Wildman–Crippen MR) is 83.5 cm³/mol. The third-order valence-electron chi connectivity index (χ3n) is 5.67. The molecular weight excluding hydrogens is 310 g/mol. The number of fused-ring (bicyclic) bond motifs is 5. The highest BCUT2D eigenvalue weighted by Gasteiger charge is 2.71. The molecule has 0 aromatic heterocycles. The Morgan fingerprint density at radius 2 is 1.96 bits per heavy atom. The van der Waals surface area contributed by atoms with Gasteiger partial charge in [0, 0.05) is 12.5 Å². The van der Waals surface area contributed by atoms with Gasteiger partial charge in [-0.3, -0.25) is 4.84 Å². The van der Waals surface area contributed by atoms with Crippen molar-refractivity contribution in [2.45, 2.75) is 62.7 Å². The van der Waals surface area contributed by atoms with Crippen molar-refractivity contribution in [2.75, 3.05) is 6.61 Å². The third kappa shape index (κ3) is 2.11. The number of ether oxygens (including phenoxy) is 3. The van der Waals surface area contributed by atoms with Crippen LogP contribution in [-0.2, 0) is 25.6 Å². The largest absolute Gasteiger partial charge is 0.384 e. The van der Waals surface area contributed by atoms with Crippen LogP contribution < -0.4 is 0 Å². The summed E-state index contributed by atoms with van der Waals surface area (Å²) in [4.78, 5) is 5.90. The van der Waals surface area contributed by atoms with Gasteiger partial charge >= 0.3 is 0 Å². The lowest BCUT2D eigenvalue weighted by atomic mass is 9.93. The van der Waals surface area contributed by atoms with Gasteiger partial charge in [-0.05, 0) is 25.8 Å². The summed E-state index contributed by atoms with van der Waals surface area (Å²) in [7, 11) is 0. The van der Waals surface area contributed by atoms with Gasteiger partial charge in [0.15, 0.2) is 12.1 Å². The van der Waals surface area contributed by atoms with Crippen LogP contribution in [0.4, 0.5) is 0 Å². The Balaban J connectivity index is 1.39. The van der Waals surface area contributed by atoms with Gasteiger partial charge < -0.3 is 19.3 Å².